The summed E-state index contributed by atoms with van der Waals surface area (Å²) in [6, 6.07) is 5.68. The summed E-state index contributed by atoms with van der Waals surface area (Å²) >= 11 is 0. The fourth-order valence-corrected chi connectivity index (χ4v) is 2.27. The molecule has 23 heavy (non-hydrogen) atoms. The Labute approximate surface area is 131 Å². The Hall–Kier alpha value is -3.03. The summed E-state index contributed by atoms with van der Waals surface area (Å²) in [7, 11) is 1.48. The van der Waals surface area contributed by atoms with Gasteiger partial charge < -0.3 is 10.0 Å². The van der Waals surface area contributed by atoms with Gasteiger partial charge >= 0.3 is 5.97 Å². The first kappa shape index (κ1) is 16.3. The largest absolute Gasteiger partial charge is 0.481 e. The van der Waals surface area contributed by atoms with E-state index in [2.05, 4.69) is 4.98 Å². The molecular formula is C15H15N3O5. The Kier molecular flexibility index (Phi) is 4.54. The number of amides is 1. The summed E-state index contributed by atoms with van der Waals surface area (Å²) in [4.78, 5) is 39.3. The average molecular weight is 317 g/mol. The first-order valence-electron chi connectivity index (χ1n) is 6.83. The molecule has 0 saturated heterocycles. The van der Waals surface area contributed by atoms with Crippen molar-refractivity contribution in [1.29, 1.82) is 0 Å². The molecule has 1 heterocycles. The number of carbonyl (C=O) groups is 2. The molecule has 1 atom stereocenters. The highest BCUT2D eigenvalue weighted by Crippen LogP contribution is 2.27. The van der Waals surface area contributed by atoms with Gasteiger partial charge in [0.2, 0.25) is 0 Å². The molecule has 0 radical (unpaired) electrons. The fourth-order valence-electron chi connectivity index (χ4n) is 2.27. The van der Waals surface area contributed by atoms with Crippen molar-refractivity contribution in [3.05, 3.63) is 46.1 Å². The Morgan fingerprint density at radius 2 is 2.09 bits per heavy atom. The molecular weight excluding hydrogens is 302 g/mol. The molecule has 1 N–H and O–H groups in total. The van der Waals surface area contributed by atoms with E-state index in [1.165, 1.54) is 43.3 Å². The predicted molar refractivity (Wildman–Crippen MR) is 82.2 cm³/mol. The summed E-state index contributed by atoms with van der Waals surface area (Å²) in [5.74, 6) is -2.16. The number of non-ortho nitro benzene ring substituents is 1. The number of pyridine rings is 1. The molecule has 0 spiro atoms. The zero-order valence-electron chi connectivity index (χ0n) is 12.6. The van der Waals surface area contributed by atoms with Crippen molar-refractivity contribution in [2.24, 2.45) is 5.92 Å². The smallest absolute Gasteiger partial charge is 0.308 e. The molecule has 2 rings (SSSR count). The molecule has 8 heteroatoms. The van der Waals surface area contributed by atoms with E-state index in [4.69, 9.17) is 5.11 Å². The number of nitro groups is 1. The van der Waals surface area contributed by atoms with Gasteiger partial charge in [0, 0.05) is 25.9 Å². The quantitative estimate of drug-likeness (QED) is 0.666. The molecule has 8 nitrogen and oxygen atoms in total. The number of fused-ring (bicyclic) bond motifs is 1. The van der Waals surface area contributed by atoms with Crippen LogP contribution < -0.4 is 0 Å². The lowest BCUT2D eigenvalue weighted by Crippen LogP contribution is -2.33. The lowest BCUT2D eigenvalue weighted by Gasteiger charge is -2.20. The second kappa shape index (κ2) is 6.39. The Balaban J connectivity index is 2.44. The summed E-state index contributed by atoms with van der Waals surface area (Å²) in [5, 5.41) is 20.3. The lowest BCUT2D eigenvalue weighted by atomic mass is 10.1. The van der Waals surface area contributed by atoms with Gasteiger partial charge in [0.1, 0.15) is 0 Å². The van der Waals surface area contributed by atoms with E-state index in [0.29, 0.717) is 0 Å². The number of hydrogen-bond donors (Lipinski definition) is 1. The van der Waals surface area contributed by atoms with Gasteiger partial charge in [0.05, 0.1) is 27.3 Å². The van der Waals surface area contributed by atoms with Gasteiger partial charge in [-0.2, -0.15) is 0 Å². The van der Waals surface area contributed by atoms with Crippen molar-refractivity contribution in [1.82, 2.24) is 9.88 Å². The number of carbonyl (C=O) groups excluding carboxylic acids is 1. The van der Waals surface area contributed by atoms with Crippen LogP contribution in [-0.2, 0) is 4.79 Å². The topological polar surface area (TPSA) is 114 Å². The van der Waals surface area contributed by atoms with E-state index in [1.54, 1.807) is 6.07 Å². The summed E-state index contributed by atoms with van der Waals surface area (Å²) in [5.41, 5.74) is 0.291. The van der Waals surface area contributed by atoms with Crippen LogP contribution >= 0.6 is 0 Å². The fraction of sp³-hybridized carbons (Fsp3) is 0.267. The van der Waals surface area contributed by atoms with Crippen LogP contribution in [0, 0.1) is 16.0 Å². The van der Waals surface area contributed by atoms with E-state index in [0.717, 1.165) is 0 Å². The number of nitro benzene ring substituents is 1. The first-order chi connectivity index (χ1) is 10.8. The summed E-state index contributed by atoms with van der Waals surface area (Å²) in [6.07, 6.45) is 1.45. The minimum atomic E-state index is -1.00. The van der Waals surface area contributed by atoms with E-state index in [1.807, 2.05) is 0 Å². The van der Waals surface area contributed by atoms with Crippen LogP contribution in [0.15, 0.2) is 30.5 Å². The van der Waals surface area contributed by atoms with Crippen molar-refractivity contribution >= 4 is 28.5 Å². The van der Waals surface area contributed by atoms with Crippen LogP contribution in [0.2, 0.25) is 0 Å². The lowest BCUT2D eigenvalue weighted by molar-refractivity contribution is -0.383. The second-order valence-corrected chi connectivity index (χ2v) is 5.21. The van der Waals surface area contributed by atoms with Crippen molar-refractivity contribution in [3.63, 3.8) is 0 Å². The molecule has 1 aromatic carbocycles. The average Bonchev–Trinajstić information content (AvgIpc) is 2.52. The number of hydrogen-bond acceptors (Lipinski definition) is 5. The molecule has 0 saturated carbocycles. The van der Waals surface area contributed by atoms with E-state index < -0.39 is 22.7 Å². The van der Waals surface area contributed by atoms with Crippen molar-refractivity contribution in [3.8, 4) is 0 Å². The molecule has 1 unspecified atom stereocenters. The van der Waals surface area contributed by atoms with Gasteiger partial charge in [0.25, 0.3) is 11.6 Å². The number of carboxylic acids is 1. The molecule has 0 bridgehead atoms. The van der Waals surface area contributed by atoms with Crippen LogP contribution in [-0.4, -0.2) is 45.4 Å². The Bertz CT molecular complexity index is 790. The number of nitrogens with zero attached hydrogens (tertiary/aromatic N) is 3. The van der Waals surface area contributed by atoms with E-state index in [-0.39, 0.29) is 28.7 Å². The zero-order chi connectivity index (χ0) is 17.1. The number of carboxylic acid groups (broad SMARTS) is 1. The summed E-state index contributed by atoms with van der Waals surface area (Å²) < 4.78 is 0. The van der Waals surface area contributed by atoms with Gasteiger partial charge in [-0.05, 0) is 18.2 Å². The van der Waals surface area contributed by atoms with E-state index >= 15 is 0 Å². The molecule has 2 aromatic rings. The van der Waals surface area contributed by atoms with Crippen LogP contribution in [0.3, 0.4) is 0 Å². The maximum Gasteiger partial charge on any atom is 0.308 e. The zero-order valence-corrected chi connectivity index (χ0v) is 12.6. The van der Waals surface area contributed by atoms with Gasteiger partial charge in [-0.15, -0.1) is 0 Å². The highest BCUT2D eigenvalue weighted by Gasteiger charge is 2.23. The number of benzene rings is 1. The number of aliphatic carboxylic acids is 1. The molecule has 0 aliphatic rings. The Morgan fingerprint density at radius 1 is 1.39 bits per heavy atom. The minimum Gasteiger partial charge on any atom is -0.481 e. The molecule has 1 amide bonds. The van der Waals surface area contributed by atoms with Crippen molar-refractivity contribution in [2.45, 2.75) is 6.92 Å². The maximum absolute atomic E-state index is 12.5. The SMILES string of the molecule is CC(CN(C)C(=O)c1ccc([N+](=O)[O-])c2cccnc12)C(=O)O. The number of rotatable bonds is 5. The second-order valence-electron chi connectivity index (χ2n) is 5.21. The van der Waals surface area contributed by atoms with Gasteiger partial charge in [-0.1, -0.05) is 6.92 Å². The summed E-state index contributed by atoms with van der Waals surface area (Å²) in [6.45, 7) is 1.53. The van der Waals surface area contributed by atoms with Gasteiger partial charge in [-0.3, -0.25) is 24.7 Å². The normalized spacial score (nSPS) is 11.9. The predicted octanol–water partition coefficient (Wildman–Crippen LogP) is 1.94. The third-order valence-electron chi connectivity index (χ3n) is 3.49. The minimum absolute atomic E-state index is 0.0273. The third-order valence-corrected chi connectivity index (χ3v) is 3.49. The molecule has 0 aliphatic carbocycles. The standard InChI is InChI=1S/C15H15N3O5/c1-9(15(20)21)8-17(2)14(19)11-5-6-12(18(22)23)10-4-3-7-16-13(10)11/h3-7,9H,8H2,1-2H3,(H,20,21). The third kappa shape index (κ3) is 3.25. The van der Waals surface area contributed by atoms with Gasteiger partial charge in [-0.25, -0.2) is 0 Å². The van der Waals surface area contributed by atoms with E-state index in [9.17, 15) is 19.7 Å². The maximum atomic E-state index is 12.5. The van der Waals surface area contributed by atoms with Gasteiger partial charge in [0.15, 0.2) is 0 Å². The molecule has 0 fully saturated rings. The monoisotopic (exact) mass is 317 g/mol. The highest BCUT2D eigenvalue weighted by molar-refractivity contribution is 6.07. The van der Waals surface area contributed by atoms with Crippen molar-refractivity contribution in [2.75, 3.05) is 13.6 Å². The highest BCUT2D eigenvalue weighted by atomic mass is 16.6. The molecule has 0 aliphatic heterocycles. The first-order valence-corrected chi connectivity index (χ1v) is 6.83. The molecule has 1 aromatic heterocycles. The van der Waals surface area contributed by atoms with Crippen molar-refractivity contribution < 1.29 is 19.6 Å². The Morgan fingerprint density at radius 3 is 2.70 bits per heavy atom. The van der Waals surface area contributed by atoms with Crippen LogP contribution in [0.1, 0.15) is 17.3 Å². The van der Waals surface area contributed by atoms with Crippen LogP contribution in [0.25, 0.3) is 10.9 Å². The molecule has 120 valence electrons. The van der Waals surface area contributed by atoms with Crippen LogP contribution in [0.5, 0.6) is 0 Å². The van der Waals surface area contributed by atoms with Crippen LogP contribution in [0.4, 0.5) is 5.69 Å². The number of aromatic nitrogens is 1.